The molecule has 136 valence electrons. The zero-order valence-corrected chi connectivity index (χ0v) is 14.8. The summed E-state index contributed by atoms with van der Waals surface area (Å²) in [5.74, 6) is 0.950. The predicted octanol–water partition coefficient (Wildman–Crippen LogP) is 3.05. The molecule has 0 saturated carbocycles. The Kier molecular flexibility index (Phi) is 4.53. The maximum atomic E-state index is 12.5. The van der Waals surface area contributed by atoms with Gasteiger partial charge in [-0.15, -0.1) is 0 Å². The summed E-state index contributed by atoms with van der Waals surface area (Å²) in [6.45, 7) is 0. The minimum Gasteiger partial charge on any atom is -0.469 e. The quantitative estimate of drug-likeness (QED) is 0.839. The maximum absolute atomic E-state index is 12.5. The molecule has 26 heavy (non-hydrogen) atoms. The summed E-state index contributed by atoms with van der Waals surface area (Å²) in [5.41, 5.74) is 2.19. The summed E-state index contributed by atoms with van der Waals surface area (Å²) < 4.78 is 5.46. The van der Waals surface area contributed by atoms with Crippen LogP contribution in [0.5, 0.6) is 0 Å². The van der Waals surface area contributed by atoms with E-state index in [1.54, 1.807) is 6.26 Å². The number of hydrogen-bond donors (Lipinski definition) is 2. The van der Waals surface area contributed by atoms with E-state index in [2.05, 4.69) is 22.8 Å². The third-order valence-corrected chi connectivity index (χ3v) is 5.63. The Bertz CT molecular complexity index is 799. The number of amides is 2. The van der Waals surface area contributed by atoms with Gasteiger partial charge in [0.05, 0.1) is 12.3 Å². The van der Waals surface area contributed by atoms with E-state index in [4.69, 9.17) is 4.42 Å². The molecule has 1 aliphatic heterocycles. The Balaban J connectivity index is 1.37. The lowest BCUT2D eigenvalue weighted by Crippen LogP contribution is -2.44. The van der Waals surface area contributed by atoms with Gasteiger partial charge in [-0.05, 0) is 48.9 Å². The van der Waals surface area contributed by atoms with Gasteiger partial charge in [0, 0.05) is 24.8 Å². The summed E-state index contributed by atoms with van der Waals surface area (Å²) in [6.07, 6.45) is 6.53. The first-order valence-corrected chi connectivity index (χ1v) is 9.34. The molecule has 0 spiro atoms. The fourth-order valence-electron chi connectivity index (χ4n) is 4.26. The second kappa shape index (κ2) is 6.98. The van der Waals surface area contributed by atoms with Crippen LogP contribution in [0, 0.1) is 0 Å². The van der Waals surface area contributed by atoms with Crippen LogP contribution in [0.4, 0.5) is 0 Å². The topological polar surface area (TPSA) is 71.3 Å². The maximum Gasteiger partial charge on any atom is 0.220 e. The lowest BCUT2D eigenvalue weighted by Gasteiger charge is -2.28. The molecule has 1 aromatic heterocycles. The number of carbonyl (C=O) groups excluding carboxylic acids is 2. The molecule has 2 unspecified atom stereocenters. The first-order chi connectivity index (χ1) is 12.6. The predicted molar refractivity (Wildman–Crippen MR) is 97.4 cm³/mol. The van der Waals surface area contributed by atoms with E-state index in [0.29, 0.717) is 25.7 Å². The first-order valence-electron chi connectivity index (χ1n) is 9.34. The Morgan fingerprint density at radius 1 is 1.23 bits per heavy atom. The van der Waals surface area contributed by atoms with Crippen molar-refractivity contribution >= 4 is 11.8 Å². The summed E-state index contributed by atoms with van der Waals surface area (Å²) in [5, 5.41) is 6.26. The molecule has 1 fully saturated rings. The molecular formula is C21H24N2O3. The monoisotopic (exact) mass is 352 g/mol. The van der Waals surface area contributed by atoms with Crippen LogP contribution in [0.15, 0.2) is 47.1 Å². The number of nitrogens with one attached hydrogen (secondary N) is 2. The van der Waals surface area contributed by atoms with Gasteiger partial charge < -0.3 is 15.1 Å². The highest BCUT2D eigenvalue weighted by atomic mass is 16.3. The van der Waals surface area contributed by atoms with Gasteiger partial charge in [-0.25, -0.2) is 0 Å². The van der Waals surface area contributed by atoms with E-state index in [-0.39, 0.29) is 23.4 Å². The van der Waals surface area contributed by atoms with Gasteiger partial charge in [-0.2, -0.15) is 0 Å². The Morgan fingerprint density at radius 2 is 2.12 bits per heavy atom. The zero-order valence-electron chi connectivity index (χ0n) is 14.8. The molecule has 1 saturated heterocycles. The van der Waals surface area contributed by atoms with Crippen LogP contribution in [-0.4, -0.2) is 17.4 Å². The van der Waals surface area contributed by atoms with Crippen LogP contribution >= 0.6 is 0 Å². The molecule has 0 radical (unpaired) electrons. The molecule has 2 heterocycles. The van der Waals surface area contributed by atoms with Crippen molar-refractivity contribution in [2.45, 2.75) is 56.5 Å². The highest BCUT2D eigenvalue weighted by molar-refractivity contribution is 5.80. The van der Waals surface area contributed by atoms with Gasteiger partial charge in [0.15, 0.2) is 0 Å². The lowest BCUT2D eigenvalue weighted by molar-refractivity contribution is -0.123. The second-order valence-electron chi connectivity index (χ2n) is 7.44. The Labute approximate surface area is 153 Å². The number of benzene rings is 1. The number of carbonyl (C=O) groups is 2. The minimum absolute atomic E-state index is 0.0478. The van der Waals surface area contributed by atoms with Crippen LogP contribution < -0.4 is 10.6 Å². The van der Waals surface area contributed by atoms with Crippen molar-refractivity contribution in [3.63, 3.8) is 0 Å². The van der Waals surface area contributed by atoms with Crippen molar-refractivity contribution in [2.75, 3.05) is 0 Å². The molecule has 5 nitrogen and oxygen atoms in total. The molecule has 1 aromatic carbocycles. The van der Waals surface area contributed by atoms with Crippen LogP contribution in [0.1, 0.15) is 55.0 Å². The average molecular weight is 352 g/mol. The molecule has 2 atom stereocenters. The second-order valence-corrected chi connectivity index (χ2v) is 7.44. The summed E-state index contributed by atoms with van der Waals surface area (Å²) >= 11 is 0. The molecule has 0 bridgehead atoms. The molecule has 2 amide bonds. The summed E-state index contributed by atoms with van der Waals surface area (Å²) in [6, 6.07) is 12.2. The highest BCUT2D eigenvalue weighted by Crippen LogP contribution is 2.32. The third-order valence-electron chi connectivity index (χ3n) is 5.63. The molecule has 5 heteroatoms. The number of hydrogen-bond acceptors (Lipinski definition) is 3. The van der Waals surface area contributed by atoms with E-state index < -0.39 is 0 Å². The fourth-order valence-corrected chi connectivity index (χ4v) is 4.26. The van der Waals surface area contributed by atoms with Gasteiger partial charge in [0.2, 0.25) is 11.8 Å². The van der Waals surface area contributed by atoms with Crippen LogP contribution in [0.3, 0.4) is 0 Å². The van der Waals surface area contributed by atoms with E-state index in [9.17, 15) is 9.59 Å². The molecule has 2 N–H and O–H groups in total. The SMILES string of the molecule is O=C(CCC1(Cc2ccco2)CCC(=O)N1)NC1CCc2ccccc21. The standard InChI is InChI=1S/C21H24N2O3/c24-19(22-18-8-7-15-4-1-2-6-17(15)18)9-11-21(12-10-20(25)23-21)14-16-5-3-13-26-16/h1-6,13,18H,7-12,14H2,(H,22,24)(H,23,25). The normalized spacial score (nSPS) is 24.3. The van der Waals surface area contributed by atoms with Crippen molar-refractivity contribution in [2.24, 2.45) is 0 Å². The van der Waals surface area contributed by atoms with Crippen molar-refractivity contribution in [3.05, 3.63) is 59.5 Å². The molecule has 1 aliphatic carbocycles. The molecular weight excluding hydrogens is 328 g/mol. The van der Waals surface area contributed by atoms with Crippen molar-refractivity contribution in [1.82, 2.24) is 10.6 Å². The van der Waals surface area contributed by atoms with Gasteiger partial charge in [-0.1, -0.05) is 24.3 Å². The largest absolute Gasteiger partial charge is 0.469 e. The van der Waals surface area contributed by atoms with Crippen LogP contribution in [0.2, 0.25) is 0 Å². The van der Waals surface area contributed by atoms with Gasteiger partial charge >= 0.3 is 0 Å². The zero-order chi connectivity index (χ0) is 18.0. The van der Waals surface area contributed by atoms with E-state index in [0.717, 1.165) is 25.0 Å². The van der Waals surface area contributed by atoms with Crippen molar-refractivity contribution in [1.29, 1.82) is 0 Å². The van der Waals surface area contributed by atoms with Gasteiger partial charge in [0.25, 0.3) is 0 Å². The number of furan rings is 1. The lowest BCUT2D eigenvalue weighted by atomic mass is 9.87. The van der Waals surface area contributed by atoms with E-state index in [1.165, 1.54) is 11.1 Å². The third kappa shape index (κ3) is 3.52. The average Bonchev–Trinajstić information content (AvgIpc) is 3.36. The van der Waals surface area contributed by atoms with Crippen molar-refractivity contribution in [3.8, 4) is 0 Å². The van der Waals surface area contributed by atoms with Gasteiger partial charge in [-0.3, -0.25) is 9.59 Å². The molecule has 4 rings (SSSR count). The first kappa shape index (κ1) is 16.9. The summed E-state index contributed by atoms with van der Waals surface area (Å²) in [4.78, 5) is 24.4. The fraction of sp³-hybridized carbons (Fsp3) is 0.429. The van der Waals surface area contributed by atoms with Crippen molar-refractivity contribution < 1.29 is 14.0 Å². The smallest absolute Gasteiger partial charge is 0.220 e. The Morgan fingerprint density at radius 3 is 2.88 bits per heavy atom. The highest BCUT2D eigenvalue weighted by Gasteiger charge is 2.38. The Hall–Kier alpha value is -2.56. The van der Waals surface area contributed by atoms with Crippen LogP contribution in [-0.2, 0) is 22.4 Å². The number of aryl methyl sites for hydroxylation is 1. The molecule has 2 aliphatic rings. The van der Waals surface area contributed by atoms with Crippen LogP contribution in [0.25, 0.3) is 0 Å². The minimum atomic E-state index is -0.375. The number of rotatable bonds is 6. The summed E-state index contributed by atoms with van der Waals surface area (Å²) in [7, 11) is 0. The van der Waals surface area contributed by atoms with Gasteiger partial charge in [0.1, 0.15) is 5.76 Å². The number of fused-ring (bicyclic) bond motifs is 1. The molecule has 2 aromatic rings. The van der Waals surface area contributed by atoms with E-state index >= 15 is 0 Å². The van der Waals surface area contributed by atoms with E-state index in [1.807, 2.05) is 24.3 Å².